The first-order chi connectivity index (χ1) is 14.3. The third-order valence-electron chi connectivity index (χ3n) is 5.61. The molecule has 6 nitrogen and oxygen atoms in total. The number of anilines is 2. The summed E-state index contributed by atoms with van der Waals surface area (Å²) in [5.41, 5.74) is 0.746. The van der Waals surface area contributed by atoms with Gasteiger partial charge < -0.3 is 24.8 Å². The van der Waals surface area contributed by atoms with Gasteiger partial charge in [-0.2, -0.15) is 0 Å². The molecule has 2 N–H and O–H groups in total. The van der Waals surface area contributed by atoms with E-state index in [4.69, 9.17) is 9.47 Å². The van der Waals surface area contributed by atoms with Gasteiger partial charge in [0.05, 0.1) is 5.69 Å². The molecule has 2 aromatic rings. The standard InChI is InChI=1S/C22H24F2N2O4/c1-13-9-15(23)20(16(24)10-13)26-7-5-22(28,6-8-26)12-30-17-4-3-14(2)19-21(17)29-11-18(27)25-19/h3-4,9-10,28H,5-8,11-12H2,1-2H3,(H,25,27). The molecule has 1 amide bonds. The van der Waals surface area contributed by atoms with Gasteiger partial charge in [-0.05, 0) is 56.0 Å². The summed E-state index contributed by atoms with van der Waals surface area (Å²) in [4.78, 5) is 13.2. The van der Waals surface area contributed by atoms with Crippen LogP contribution in [0.15, 0.2) is 24.3 Å². The summed E-state index contributed by atoms with van der Waals surface area (Å²) in [5, 5.41) is 13.7. The molecule has 0 bridgehead atoms. The van der Waals surface area contributed by atoms with Crippen molar-refractivity contribution >= 4 is 17.3 Å². The molecule has 0 unspecified atom stereocenters. The Kier molecular flexibility index (Phi) is 5.27. The van der Waals surface area contributed by atoms with Crippen LogP contribution in [0, 0.1) is 25.5 Å². The maximum atomic E-state index is 14.3. The van der Waals surface area contributed by atoms with Gasteiger partial charge in [-0.25, -0.2) is 8.78 Å². The number of benzene rings is 2. The van der Waals surface area contributed by atoms with Crippen LogP contribution in [0.5, 0.6) is 11.5 Å². The van der Waals surface area contributed by atoms with Crippen molar-refractivity contribution in [2.45, 2.75) is 32.3 Å². The van der Waals surface area contributed by atoms with Gasteiger partial charge in [0, 0.05) is 13.1 Å². The highest BCUT2D eigenvalue weighted by molar-refractivity contribution is 5.97. The third-order valence-corrected chi connectivity index (χ3v) is 5.61. The van der Waals surface area contributed by atoms with Gasteiger partial charge in [-0.1, -0.05) is 6.07 Å². The second kappa shape index (κ2) is 7.75. The molecule has 160 valence electrons. The molecule has 0 spiro atoms. The van der Waals surface area contributed by atoms with Crippen molar-refractivity contribution in [1.29, 1.82) is 0 Å². The topological polar surface area (TPSA) is 71.0 Å². The highest BCUT2D eigenvalue weighted by atomic mass is 19.1. The van der Waals surface area contributed by atoms with Crippen molar-refractivity contribution in [3.63, 3.8) is 0 Å². The van der Waals surface area contributed by atoms with Crippen LogP contribution >= 0.6 is 0 Å². The van der Waals surface area contributed by atoms with Crippen molar-refractivity contribution in [1.82, 2.24) is 0 Å². The summed E-state index contributed by atoms with van der Waals surface area (Å²) in [7, 11) is 0. The molecule has 4 rings (SSSR count). The van der Waals surface area contributed by atoms with E-state index in [0.29, 0.717) is 48.7 Å². The number of rotatable bonds is 4. The molecule has 2 heterocycles. The van der Waals surface area contributed by atoms with Crippen LogP contribution in [0.2, 0.25) is 0 Å². The third kappa shape index (κ3) is 3.92. The quantitative estimate of drug-likeness (QED) is 0.797. The lowest BCUT2D eigenvalue weighted by atomic mass is 9.92. The number of carbonyl (C=O) groups is 1. The van der Waals surface area contributed by atoms with E-state index >= 15 is 0 Å². The minimum atomic E-state index is -1.14. The predicted molar refractivity (Wildman–Crippen MR) is 108 cm³/mol. The number of hydrogen-bond acceptors (Lipinski definition) is 5. The molecule has 1 fully saturated rings. The number of ether oxygens (including phenoxy) is 2. The van der Waals surface area contributed by atoms with Crippen LogP contribution in [0.1, 0.15) is 24.0 Å². The molecule has 8 heteroatoms. The Balaban J connectivity index is 1.43. The number of nitrogens with one attached hydrogen (secondary N) is 1. The largest absolute Gasteiger partial charge is 0.487 e. The predicted octanol–water partition coefficient (Wildman–Crippen LogP) is 3.32. The fourth-order valence-electron chi connectivity index (χ4n) is 3.88. The van der Waals surface area contributed by atoms with Gasteiger partial charge in [0.25, 0.3) is 5.91 Å². The molecule has 0 aliphatic carbocycles. The average Bonchev–Trinajstić information content (AvgIpc) is 2.69. The van der Waals surface area contributed by atoms with E-state index in [2.05, 4.69) is 5.32 Å². The molecule has 0 atom stereocenters. The first kappa shape index (κ1) is 20.4. The van der Waals surface area contributed by atoms with Crippen molar-refractivity contribution < 1.29 is 28.2 Å². The Morgan fingerprint density at radius 1 is 1.20 bits per heavy atom. The minimum Gasteiger partial charge on any atom is -0.487 e. The summed E-state index contributed by atoms with van der Waals surface area (Å²) in [5.74, 6) is -0.551. The summed E-state index contributed by atoms with van der Waals surface area (Å²) in [6, 6.07) is 6.16. The van der Waals surface area contributed by atoms with Crippen molar-refractivity contribution in [3.05, 3.63) is 47.0 Å². The fraction of sp³-hybridized carbons (Fsp3) is 0.409. The fourth-order valence-corrected chi connectivity index (χ4v) is 3.88. The number of aliphatic hydroxyl groups is 1. The Bertz CT molecular complexity index is 964. The lowest BCUT2D eigenvalue weighted by Gasteiger charge is -2.39. The van der Waals surface area contributed by atoms with E-state index in [9.17, 15) is 18.7 Å². The normalized spacial score (nSPS) is 17.8. The van der Waals surface area contributed by atoms with E-state index in [-0.39, 0.29) is 24.8 Å². The summed E-state index contributed by atoms with van der Waals surface area (Å²) in [6.45, 7) is 4.00. The van der Waals surface area contributed by atoms with Gasteiger partial charge in [-0.15, -0.1) is 0 Å². The van der Waals surface area contributed by atoms with Crippen molar-refractivity contribution in [2.24, 2.45) is 0 Å². The zero-order valence-electron chi connectivity index (χ0n) is 16.9. The number of amides is 1. The second-order valence-corrected chi connectivity index (χ2v) is 8.00. The number of aryl methyl sites for hydroxylation is 2. The first-order valence-corrected chi connectivity index (χ1v) is 9.88. The van der Waals surface area contributed by atoms with Crippen molar-refractivity contribution in [2.75, 3.05) is 36.5 Å². The van der Waals surface area contributed by atoms with Crippen LogP contribution in [0.25, 0.3) is 0 Å². The molecule has 1 saturated heterocycles. The van der Waals surface area contributed by atoms with E-state index < -0.39 is 17.2 Å². The number of fused-ring (bicyclic) bond motifs is 1. The van der Waals surface area contributed by atoms with Crippen LogP contribution in [0.3, 0.4) is 0 Å². The number of carbonyl (C=O) groups excluding carboxylic acids is 1. The highest BCUT2D eigenvalue weighted by Crippen LogP contribution is 2.40. The van der Waals surface area contributed by atoms with Crippen LogP contribution in [-0.2, 0) is 4.79 Å². The Labute approximate surface area is 173 Å². The summed E-state index contributed by atoms with van der Waals surface area (Å²) < 4.78 is 39.9. The molecular formula is C22H24F2N2O4. The smallest absolute Gasteiger partial charge is 0.262 e. The number of halogens is 2. The molecule has 0 radical (unpaired) electrons. The van der Waals surface area contributed by atoms with Crippen LogP contribution < -0.4 is 19.7 Å². The molecule has 2 aromatic carbocycles. The Morgan fingerprint density at radius 2 is 1.87 bits per heavy atom. The highest BCUT2D eigenvalue weighted by Gasteiger charge is 2.35. The number of hydrogen-bond donors (Lipinski definition) is 2. The molecular weight excluding hydrogens is 394 g/mol. The Morgan fingerprint density at radius 3 is 2.53 bits per heavy atom. The zero-order chi connectivity index (χ0) is 21.5. The molecule has 0 saturated carbocycles. The van der Waals surface area contributed by atoms with Crippen LogP contribution in [0.4, 0.5) is 20.2 Å². The van der Waals surface area contributed by atoms with E-state index in [1.807, 2.05) is 6.92 Å². The number of nitrogens with zero attached hydrogens (tertiary/aromatic N) is 1. The summed E-state index contributed by atoms with van der Waals surface area (Å²) >= 11 is 0. The SMILES string of the molecule is Cc1cc(F)c(N2CCC(O)(COc3ccc(C)c4c3OCC(=O)N4)CC2)c(F)c1. The average molecular weight is 418 g/mol. The van der Waals surface area contributed by atoms with Crippen molar-refractivity contribution in [3.8, 4) is 11.5 Å². The minimum absolute atomic E-state index is 0.00646. The summed E-state index contributed by atoms with van der Waals surface area (Å²) in [6.07, 6.45) is 0.594. The molecule has 30 heavy (non-hydrogen) atoms. The second-order valence-electron chi connectivity index (χ2n) is 8.00. The first-order valence-electron chi connectivity index (χ1n) is 9.88. The number of piperidine rings is 1. The zero-order valence-corrected chi connectivity index (χ0v) is 16.9. The van der Waals surface area contributed by atoms with Gasteiger partial charge in [0.2, 0.25) is 0 Å². The van der Waals surface area contributed by atoms with Gasteiger partial charge in [0.1, 0.15) is 29.5 Å². The Hall–Kier alpha value is -2.87. The van der Waals surface area contributed by atoms with E-state index in [0.717, 1.165) is 5.56 Å². The lowest BCUT2D eigenvalue weighted by Crippen LogP contribution is -2.48. The maximum Gasteiger partial charge on any atom is 0.262 e. The molecule has 2 aliphatic heterocycles. The van der Waals surface area contributed by atoms with Gasteiger partial charge >= 0.3 is 0 Å². The molecule has 0 aromatic heterocycles. The van der Waals surface area contributed by atoms with E-state index in [1.165, 1.54) is 12.1 Å². The maximum absolute atomic E-state index is 14.3. The van der Waals surface area contributed by atoms with E-state index in [1.54, 1.807) is 24.0 Å². The lowest BCUT2D eigenvalue weighted by molar-refractivity contribution is -0.118. The van der Waals surface area contributed by atoms with Gasteiger partial charge in [-0.3, -0.25) is 4.79 Å². The monoisotopic (exact) mass is 418 g/mol. The van der Waals surface area contributed by atoms with Crippen LogP contribution in [-0.4, -0.2) is 42.9 Å². The molecule has 2 aliphatic rings. The van der Waals surface area contributed by atoms with Gasteiger partial charge in [0.15, 0.2) is 18.1 Å².